The molecule has 2 aromatic rings. The minimum Gasteiger partial charge on any atom is -0.385 e. The molecule has 1 fully saturated rings. The standard InChI is InChI=1S/C25H38N4O2S/c1-25(2,3)32(30,31)27-17-9-5-8-16-26-22-12-14-24(15-13-22)29-20-18-28(19-21-29)23-10-6-4-7-11-23/h4,6-7,10-15,26-27H,5,8-9,16-21H2,1-3H3. The molecule has 0 radical (unpaired) electrons. The molecule has 3 rings (SSSR count). The Hall–Kier alpha value is -2.25. The fourth-order valence-electron chi connectivity index (χ4n) is 3.73. The maximum atomic E-state index is 12.0. The van der Waals surface area contributed by atoms with Gasteiger partial charge in [0.05, 0.1) is 4.75 Å². The van der Waals surface area contributed by atoms with E-state index in [1.165, 1.54) is 11.4 Å². The van der Waals surface area contributed by atoms with E-state index in [0.29, 0.717) is 6.54 Å². The smallest absolute Gasteiger partial charge is 0.216 e. The molecule has 2 N–H and O–H groups in total. The van der Waals surface area contributed by atoms with Crippen LogP contribution in [0.5, 0.6) is 0 Å². The monoisotopic (exact) mass is 458 g/mol. The Morgan fingerprint density at radius 2 is 1.28 bits per heavy atom. The Kier molecular flexibility index (Phi) is 8.43. The van der Waals surface area contributed by atoms with Gasteiger partial charge in [-0.05, 0) is 70.0 Å². The summed E-state index contributed by atoms with van der Waals surface area (Å²) in [5, 5.41) is 3.47. The van der Waals surface area contributed by atoms with Crippen molar-refractivity contribution < 1.29 is 8.42 Å². The van der Waals surface area contributed by atoms with Crippen LogP contribution in [0.4, 0.5) is 17.1 Å². The molecule has 0 amide bonds. The number of para-hydroxylation sites is 1. The average Bonchev–Trinajstić information content (AvgIpc) is 2.79. The summed E-state index contributed by atoms with van der Waals surface area (Å²) in [4.78, 5) is 4.89. The maximum Gasteiger partial charge on any atom is 0.216 e. The van der Waals surface area contributed by atoms with E-state index in [1.54, 1.807) is 20.8 Å². The number of hydrogen-bond donors (Lipinski definition) is 2. The second kappa shape index (κ2) is 11.1. The zero-order valence-corrected chi connectivity index (χ0v) is 20.5. The molecule has 2 aromatic carbocycles. The summed E-state index contributed by atoms with van der Waals surface area (Å²) in [6.07, 6.45) is 2.86. The Morgan fingerprint density at radius 1 is 0.750 bits per heavy atom. The number of nitrogens with zero attached hydrogens (tertiary/aromatic N) is 2. The molecule has 32 heavy (non-hydrogen) atoms. The van der Waals surface area contributed by atoms with E-state index in [2.05, 4.69) is 74.4 Å². The molecule has 0 spiro atoms. The molecular weight excluding hydrogens is 420 g/mol. The van der Waals surface area contributed by atoms with Crippen LogP contribution in [0.1, 0.15) is 40.0 Å². The molecule has 0 bridgehead atoms. The normalized spacial score (nSPS) is 15.1. The zero-order chi connectivity index (χ0) is 23.0. The Balaban J connectivity index is 1.32. The van der Waals surface area contributed by atoms with Gasteiger partial charge in [-0.1, -0.05) is 24.6 Å². The number of rotatable bonds is 10. The van der Waals surface area contributed by atoms with E-state index in [-0.39, 0.29) is 0 Å². The van der Waals surface area contributed by atoms with Crippen LogP contribution < -0.4 is 19.8 Å². The van der Waals surface area contributed by atoms with Gasteiger partial charge in [0.1, 0.15) is 0 Å². The third-order valence-electron chi connectivity index (χ3n) is 5.91. The van der Waals surface area contributed by atoms with E-state index in [9.17, 15) is 8.42 Å². The minimum absolute atomic E-state index is 0.506. The van der Waals surface area contributed by atoms with Gasteiger partial charge < -0.3 is 15.1 Å². The van der Waals surface area contributed by atoms with Gasteiger partial charge in [-0.2, -0.15) is 0 Å². The summed E-state index contributed by atoms with van der Waals surface area (Å²) in [5.41, 5.74) is 3.71. The summed E-state index contributed by atoms with van der Waals surface area (Å²) in [6.45, 7) is 10.7. The largest absolute Gasteiger partial charge is 0.385 e. The van der Waals surface area contributed by atoms with E-state index >= 15 is 0 Å². The number of piperazine rings is 1. The van der Waals surface area contributed by atoms with Crippen LogP contribution in [0.15, 0.2) is 54.6 Å². The van der Waals surface area contributed by atoms with E-state index in [1.807, 2.05) is 0 Å². The molecule has 1 aliphatic heterocycles. The van der Waals surface area contributed by atoms with Crippen molar-refractivity contribution in [2.75, 3.05) is 54.4 Å². The molecule has 0 atom stereocenters. The predicted molar refractivity (Wildman–Crippen MR) is 136 cm³/mol. The molecule has 0 unspecified atom stereocenters. The number of sulfonamides is 1. The summed E-state index contributed by atoms with van der Waals surface area (Å²) in [7, 11) is -3.24. The number of nitrogens with one attached hydrogen (secondary N) is 2. The summed E-state index contributed by atoms with van der Waals surface area (Å²) < 4.78 is 26.0. The van der Waals surface area contributed by atoms with Crippen molar-refractivity contribution in [2.45, 2.75) is 44.8 Å². The summed E-state index contributed by atoms with van der Waals surface area (Å²) in [6, 6.07) is 19.3. The fourth-order valence-corrected chi connectivity index (χ4v) is 4.58. The van der Waals surface area contributed by atoms with Gasteiger partial charge in [-0.3, -0.25) is 0 Å². The first-order valence-electron chi connectivity index (χ1n) is 11.6. The topological polar surface area (TPSA) is 64.7 Å². The number of hydrogen-bond acceptors (Lipinski definition) is 5. The van der Waals surface area contributed by atoms with Crippen molar-refractivity contribution in [3.05, 3.63) is 54.6 Å². The van der Waals surface area contributed by atoms with Crippen molar-refractivity contribution in [1.82, 2.24) is 4.72 Å². The van der Waals surface area contributed by atoms with Gasteiger partial charge in [0, 0.05) is 56.3 Å². The Labute approximate surface area is 194 Å². The van der Waals surface area contributed by atoms with Gasteiger partial charge in [0.25, 0.3) is 0 Å². The molecule has 6 nitrogen and oxygen atoms in total. The molecule has 176 valence electrons. The molecule has 1 saturated heterocycles. The van der Waals surface area contributed by atoms with E-state index in [0.717, 1.165) is 57.7 Å². The highest BCUT2D eigenvalue weighted by Gasteiger charge is 2.27. The highest BCUT2D eigenvalue weighted by atomic mass is 32.2. The minimum atomic E-state index is -3.24. The predicted octanol–water partition coefficient (Wildman–Crippen LogP) is 4.31. The van der Waals surface area contributed by atoms with Crippen LogP contribution in [0.2, 0.25) is 0 Å². The Morgan fingerprint density at radius 3 is 1.84 bits per heavy atom. The van der Waals surface area contributed by atoms with E-state index in [4.69, 9.17) is 0 Å². The van der Waals surface area contributed by atoms with Crippen LogP contribution in [0.25, 0.3) is 0 Å². The Bertz CT molecular complexity index is 917. The van der Waals surface area contributed by atoms with Crippen LogP contribution in [0, 0.1) is 0 Å². The van der Waals surface area contributed by atoms with Gasteiger partial charge >= 0.3 is 0 Å². The lowest BCUT2D eigenvalue weighted by atomic mass is 10.2. The van der Waals surface area contributed by atoms with Crippen LogP contribution in [-0.2, 0) is 10.0 Å². The van der Waals surface area contributed by atoms with Crippen LogP contribution >= 0.6 is 0 Å². The van der Waals surface area contributed by atoms with Gasteiger partial charge in [0.2, 0.25) is 10.0 Å². The van der Waals surface area contributed by atoms with E-state index < -0.39 is 14.8 Å². The van der Waals surface area contributed by atoms with Crippen molar-refractivity contribution in [1.29, 1.82) is 0 Å². The highest BCUT2D eigenvalue weighted by molar-refractivity contribution is 7.90. The quantitative estimate of drug-likeness (QED) is 0.519. The first kappa shape index (κ1) is 24.4. The average molecular weight is 459 g/mol. The molecule has 0 saturated carbocycles. The van der Waals surface area contributed by atoms with Crippen molar-refractivity contribution in [3.63, 3.8) is 0 Å². The van der Waals surface area contributed by atoms with Gasteiger partial charge in [0.15, 0.2) is 0 Å². The molecule has 0 aliphatic carbocycles. The highest BCUT2D eigenvalue weighted by Crippen LogP contribution is 2.22. The first-order chi connectivity index (χ1) is 15.3. The molecule has 0 aromatic heterocycles. The third kappa shape index (κ3) is 6.87. The van der Waals surface area contributed by atoms with Crippen LogP contribution in [0.3, 0.4) is 0 Å². The second-order valence-corrected chi connectivity index (χ2v) is 11.9. The van der Waals surface area contributed by atoms with Crippen molar-refractivity contribution in [2.24, 2.45) is 0 Å². The fraction of sp³-hybridized carbons (Fsp3) is 0.520. The second-order valence-electron chi connectivity index (χ2n) is 9.35. The number of unbranched alkanes of at least 4 members (excludes halogenated alkanes) is 2. The lowest BCUT2D eigenvalue weighted by molar-refractivity contribution is 0.540. The SMILES string of the molecule is CC(C)(C)S(=O)(=O)NCCCCCNc1ccc(N2CCN(c3ccccc3)CC2)cc1. The molecule has 7 heteroatoms. The maximum absolute atomic E-state index is 12.0. The lowest BCUT2D eigenvalue weighted by Crippen LogP contribution is -2.46. The number of benzene rings is 2. The third-order valence-corrected chi connectivity index (χ3v) is 8.11. The van der Waals surface area contributed by atoms with Crippen LogP contribution in [-0.4, -0.2) is 52.4 Å². The molecule has 1 heterocycles. The number of anilines is 3. The molecular formula is C25H38N4O2S. The van der Waals surface area contributed by atoms with Crippen molar-refractivity contribution in [3.8, 4) is 0 Å². The zero-order valence-electron chi connectivity index (χ0n) is 19.7. The van der Waals surface area contributed by atoms with Gasteiger partial charge in [-0.15, -0.1) is 0 Å². The lowest BCUT2D eigenvalue weighted by Gasteiger charge is -2.37. The summed E-state index contributed by atoms with van der Waals surface area (Å²) in [5.74, 6) is 0. The van der Waals surface area contributed by atoms with Gasteiger partial charge in [-0.25, -0.2) is 13.1 Å². The summed E-state index contributed by atoms with van der Waals surface area (Å²) >= 11 is 0. The van der Waals surface area contributed by atoms with Crippen molar-refractivity contribution >= 4 is 27.1 Å². The molecule has 1 aliphatic rings. The first-order valence-corrected chi connectivity index (χ1v) is 13.1.